The fourth-order valence-electron chi connectivity index (χ4n) is 4.07. The summed E-state index contributed by atoms with van der Waals surface area (Å²) in [6.07, 6.45) is 5.56. The maximum Gasteiger partial charge on any atom is 0.322 e. The number of carbonyl (C=O) groups is 1. The number of hydrogen-bond acceptors (Lipinski definition) is 4. The van der Waals surface area contributed by atoms with Crippen LogP contribution in [0.2, 0.25) is 0 Å². The molecule has 6 nitrogen and oxygen atoms in total. The maximum atomic E-state index is 12.9. The van der Waals surface area contributed by atoms with Gasteiger partial charge in [-0.05, 0) is 31.0 Å². The third-order valence-electron chi connectivity index (χ3n) is 5.20. The van der Waals surface area contributed by atoms with E-state index in [9.17, 15) is 4.79 Å². The number of urea groups is 1. The summed E-state index contributed by atoms with van der Waals surface area (Å²) in [4.78, 5) is 19.1. The zero-order valence-electron chi connectivity index (χ0n) is 14.8. The highest BCUT2D eigenvalue weighted by Gasteiger charge is 2.44. The molecule has 2 atom stereocenters. The van der Waals surface area contributed by atoms with Gasteiger partial charge in [0.1, 0.15) is 11.9 Å². The van der Waals surface area contributed by atoms with Gasteiger partial charge in [-0.2, -0.15) is 0 Å². The Balaban J connectivity index is 1.42. The summed E-state index contributed by atoms with van der Waals surface area (Å²) in [5.41, 5.74) is 0.700. The number of benzene rings is 1. The Hall–Kier alpha value is -2.76. The SMILES string of the molecule is COc1ccccc1NC(=O)N1C2CCC1CC(Oc1ccccn1)C2. The first-order valence-corrected chi connectivity index (χ1v) is 9.04. The molecule has 2 amide bonds. The molecule has 4 rings (SSSR count). The molecule has 2 saturated heterocycles. The number of hydrogen-bond donors (Lipinski definition) is 1. The number of carbonyl (C=O) groups excluding carboxylic acids is 1. The van der Waals surface area contributed by atoms with Crippen LogP contribution in [0.15, 0.2) is 48.7 Å². The van der Waals surface area contributed by atoms with Gasteiger partial charge in [0.2, 0.25) is 5.88 Å². The van der Waals surface area contributed by atoms with Gasteiger partial charge >= 0.3 is 6.03 Å². The highest BCUT2D eigenvalue weighted by Crippen LogP contribution is 2.38. The van der Waals surface area contributed by atoms with Crippen molar-refractivity contribution in [3.05, 3.63) is 48.7 Å². The second kappa shape index (κ2) is 7.23. The summed E-state index contributed by atoms with van der Waals surface area (Å²) in [5, 5.41) is 3.01. The fraction of sp³-hybridized carbons (Fsp3) is 0.400. The molecule has 0 aliphatic carbocycles. The van der Waals surface area contributed by atoms with Gasteiger partial charge in [-0.1, -0.05) is 18.2 Å². The van der Waals surface area contributed by atoms with Crippen molar-refractivity contribution in [1.29, 1.82) is 0 Å². The topological polar surface area (TPSA) is 63.7 Å². The van der Waals surface area contributed by atoms with Gasteiger partial charge in [0, 0.05) is 37.2 Å². The van der Waals surface area contributed by atoms with E-state index in [2.05, 4.69) is 10.3 Å². The predicted molar refractivity (Wildman–Crippen MR) is 98.5 cm³/mol. The molecule has 26 heavy (non-hydrogen) atoms. The van der Waals surface area contributed by atoms with Crippen molar-refractivity contribution in [1.82, 2.24) is 9.88 Å². The average Bonchev–Trinajstić information content (AvgIpc) is 2.94. The molecule has 0 spiro atoms. The van der Waals surface area contributed by atoms with E-state index in [1.165, 1.54) is 0 Å². The van der Waals surface area contributed by atoms with Crippen molar-refractivity contribution in [2.24, 2.45) is 0 Å². The Morgan fingerprint density at radius 2 is 1.85 bits per heavy atom. The van der Waals surface area contributed by atoms with Crippen molar-refractivity contribution < 1.29 is 14.3 Å². The molecule has 2 bridgehead atoms. The monoisotopic (exact) mass is 353 g/mol. The number of methoxy groups -OCH3 is 1. The van der Waals surface area contributed by atoms with Crippen LogP contribution in [-0.2, 0) is 0 Å². The van der Waals surface area contributed by atoms with Gasteiger partial charge in [0.25, 0.3) is 0 Å². The molecule has 0 radical (unpaired) electrons. The Labute approximate surface area is 153 Å². The minimum atomic E-state index is -0.0571. The first-order chi connectivity index (χ1) is 12.7. The van der Waals surface area contributed by atoms with Gasteiger partial charge in [-0.25, -0.2) is 9.78 Å². The van der Waals surface area contributed by atoms with E-state index in [0.29, 0.717) is 17.3 Å². The van der Waals surface area contributed by atoms with Crippen LogP contribution in [0.3, 0.4) is 0 Å². The molecule has 2 fully saturated rings. The highest BCUT2D eigenvalue weighted by atomic mass is 16.5. The Bertz CT molecular complexity index is 754. The van der Waals surface area contributed by atoms with Gasteiger partial charge in [0.15, 0.2) is 0 Å². The lowest BCUT2D eigenvalue weighted by molar-refractivity contribution is 0.0704. The van der Waals surface area contributed by atoms with E-state index >= 15 is 0 Å². The zero-order valence-corrected chi connectivity index (χ0v) is 14.8. The van der Waals surface area contributed by atoms with Crippen molar-refractivity contribution >= 4 is 11.7 Å². The molecule has 2 aliphatic heterocycles. The van der Waals surface area contributed by atoms with Crippen molar-refractivity contribution in [2.75, 3.05) is 12.4 Å². The Kier molecular flexibility index (Phi) is 4.65. The van der Waals surface area contributed by atoms with Crippen LogP contribution in [-0.4, -0.2) is 41.2 Å². The molecule has 1 aromatic heterocycles. The second-order valence-corrected chi connectivity index (χ2v) is 6.80. The number of nitrogens with one attached hydrogen (secondary N) is 1. The third kappa shape index (κ3) is 3.31. The van der Waals surface area contributed by atoms with Gasteiger partial charge in [-0.3, -0.25) is 0 Å². The van der Waals surface area contributed by atoms with Gasteiger partial charge < -0.3 is 19.7 Å². The Morgan fingerprint density at radius 1 is 1.12 bits per heavy atom. The molecule has 136 valence electrons. The zero-order chi connectivity index (χ0) is 17.9. The third-order valence-corrected chi connectivity index (χ3v) is 5.20. The van der Waals surface area contributed by atoms with Crippen molar-refractivity contribution in [3.8, 4) is 11.6 Å². The highest BCUT2D eigenvalue weighted by molar-refractivity contribution is 5.91. The smallest absolute Gasteiger partial charge is 0.322 e. The Morgan fingerprint density at radius 3 is 2.54 bits per heavy atom. The van der Waals surface area contributed by atoms with Crippen LogP contribution in [0.5, 0.6) is 11.6 Å². The van der Waals surface area contributed by atoms with Crippen molar-refractivity contribution in [2.45, 2.75) is 43.9 Å². The number of fused-ring (bicyclic) bond motifs is 2. The minimum Gasteiger partial charge on any atom is -0.495 e. The lowest BCUT2D eigenvalue weighted by Gasteiger charge is -2.38. The minimum absolute atomic E-state index is 0.0571. The number of pyridine rings is 1. The van der Waals surface area contributed by atoms with Crippen molar-refractivity contribution in [3.63, 3.8) is 0 Å². The summed E-state index contributed by atoms with van der Waals surface area (Å²) < 4.78 is 11.4. The van der Waals surface area contributed by atoms with E-state index in [-0.39, 0.29) is 24.2 Å². The lowest BCUT2D eigenvalue weighted by Crippen LogP contribution is -2.50. The van der Waals surface area contributed by atoms with Crippen LogP contribution < -0.4 is 14.8 Å². The molecule has 2 aromatic rings. The number of amides is 2. The standard InChI is InChI=1S/C20H23N3O3/c1-25-18-7-3-2-6-17(18)22-20(24)23-14-9-10-15(23)13-16(12-14)26-19-8-4-5-11-21-19/h2-8,11,14-16H,9-10,12-13H2,1H3,(H,22,24). The molecule has 0 saturated carbocycles. The van der Waals surface area contributed by atoms with E-state index in [4.69, 9.17) is 9.47 Å². The number of rotatable bonds is 4. The van der Waals surface area contributed by atoms with E-state index < -0.39 is 0 Å². The summed E-state index contributed by atoms with van der Waals surface area (Å²) in [5.74, 6) is 1.32. The summed E-state index contributed by atoms with van der Waals surface area (Å²) in [6.45, 7) is 0. The quantitative estimate of drug-likeness (QED) is 0.910. The van der Waals surface area contributed by atoms with Gasteiger partial charge in [-0.15, -0.1) is 0 Å². The van der Waals surface area contributed by atoms with E-state index in [0.717, 1.165) is 25.7 Å². The summed E-state index contributed by atoms with van der Waals surface area (Å²) >= 11 is 0. The van der Waals surface area contributed by atoms with Crippen LogP contribution in [0, 0.1) is 0 Å². The first kappa shape index (κ1) is 16.7. The lowest BCUT2D eigenvalue weighted by atomic mass is 10.00. The van der Waals surface area contributed by atoms with Crippen LogP contribution in [0.25, 0.3) is 0 Å². The van der Waals surface area contributed by atoms with E-state index in [1.807, 2.05) is 47.4 Å². The molecule has 2 aliphatic rings. The van der Waals surface area contributed by atoms with Crippen LogP contribution in [0.4, 0.5) is 10.5 Å². The van der Waals surface area contributed by atoms with Crippen LogP contribution in [0.1, 0.15) is 25.7 Å². The molecule has 3 heterocycles. The predicted octanol–water partition coefficient (Wildman–Crippen LogP) is 3.70. The molecule has 6 heteroatoms. The number of ether oxygens (including phenoxy) is 2. The average molecular weight is 353 g/mol. The molecular weight excluding hydrogens is 330 g/mol. The van der Waals surface area contributed by atoms with Crippen LogP contribution >= 0.6 is 0 Å². The maximum absolute atomic E-state index is 12.9. The molecule has 1 N–H and O–H groups in total. The number of nitrogens with zero attached hydrogens (tertiary/aromatic N) is 2. The molecule has 1 aromatic carbocycles. The number of aromatic nitrogens is 1. The summed E-state index contributed by atoms with van der Waals surface area (Å²) in [7, 11) is 1.61. The molecule has 2 unspecified atom stereocenters. The van der Waals surface area contributed by atoms with Gasteiger partial charge in [0.05, 0.1) is 12.8 Å². The number of piperidine rings is 1. The number of para-hydroxylation sites is 2. The number of anilines is 1. The first-order valence-electron chi connectivity index (χ1n) is 9.04. The van der Waals surface area contributed by atoms with E-state index in [1.54, 1.807) is 13.3 Å². The molecular formula is C20H23N3O3. The summed E-state index contributed by atoms with van der Waals surface area (Å²) in [6, 6.07) is 13.5. The normalized spacial score (nSPS) is 24.2. The fourth-order valence-corrected chi connectivity index (χ4v) is 4.07. The second-order valence-electron chi connectivity index (χ2n) is 6.80. The largest absolute Gasteiger partial charge is 0.495 e.